The van der Waals surface area contributed by atoms with Gasteiger partial charge in [-0.15, -0.1) is 0 Å². The Morgan fingerprint density at radius 1 is 1.22 bits per heavy atom. The Labute approximate surface area is 151 Å². The number of nitrogens with zero attached hydrogens (tertiary/aromatic N) is 1. The first-order valence-corrected chi connectivity index (χ1v) is 9.14. The molecule has 0 aliphatic heterocycles. The van der Waals surface area contributed by atoms with Crippen molar-refractivity contribution in [3.63, 3.8) is 0 Å². The number of hydrogen-bond donors (Lipinski definition) is 2. The zero-order valence-corrected chi connectivity index (χ0v) is 15.1. The number of nitrogens with one attached hydrogen (secondary N) is 1. The van der Waals surface area contributed by atoms with Gasteiger partial charge in [0.05, 0.1) is 23.3 Å². The van der Waals surface area contributed by atoms with Crippen molar-refractivity contribution in [1.29, 1.82) is 0 Å². The molecule has 27 heavy (non-hydrogen) atoms. The highest BCUT2D eigenvalue weighted by molar-refractivity contribution is 7.90. The van der Waals surface area contributed by atoms with Crippen LogP contribution in [0.2, 0.25) is 0 Å². The summed E-state index contributed by atoms with van der Waals surface area (Å²) in [6.07, 6.45) is -4.56. The number of carbonyl (C=O) groups is 1. The lowest BCUT2D eigenvalue weighted by atomic mass is 9.93. The lowest BCUT2D eigenvalue weighted by Gasteiger charge is -2.26. The molecule has 2 aromatic rings. The van der Waals surface area contributed by atoms with Gasteiger partial charge < -0.3 is 9.84 Å². The number of ether oxygens (including phenoxy) is 1. The summed E-state index contributed by atoms with van der Waals surface area (Å²) in [4.78, 5) is 24.1. The van der Waals surface area contributed by atoms with E-state index in [4.69, 9.17) is 0 Å². The fourth-order valence-corrected chi connectivity index (χ4v) is 3.13. The molecule has 2 rings (SSSR count). The number of methoxy groups -OCH3 is 1. The predicted molar refractivity (Wildman–Crippen MR) is 86.2 cm³/mol. The second-order valence-electron chi connectivity index (χ2n) is 5.72. The summed E-state index contributed by atoms with van der Waals surface area (Å²) < 4.78 is 67.8. The standard InChI is InChI=1S/C15H15F3N2O6S/c1-8-11(14(23,13(22)26-2)15(16,17)18)12(21)20(19-8)9-4-6-10(7-5-9)27(3,24)25/h4-7,19,23H,1-3H3. The quantitative estimate of drug-likeness (QED) is 0.723. The average Bonchev–Trinajstić information content (AvgIpc) is 2.86. The first kappa shape index (κ1) is 20.7. The Bertz CT molecular complexity index is 1040. The number of hydrogen-bond acceptors (Lipinski definition) is 6. The molecular weight excluding hydrogens is 393 g/mol. The normalized spacial score (nSPS) is 14.6. The molecule has 0 radical (unpaired) electrons. The summed E-state index contributed by atoms with van der Waals surface area (Å²) in [5.41, 5.74) is -7.18. The van der Waals surface area contributed by atoms with E-state index in [0.717, 1.165) is 25.3 Å². The van der Waals surface area contributed by atoms with Crippen molar-refractivity contribution in [3.05, 3.63) is 45.9 Å². The van der Waals surface area contributed by atoms with E-state index < -0.39 is 44.4 Å². The minimum atomic E-state index is -5.52. The SMILES string of the molecule is COC(=O)C(O)(c1c(C)[nH]n(-c2ccc(S(C)(=O)=O)cc2)c1=O)C(F)(F)F. The van der Waals surface area contributed by atoms with E-state index in [0.29, 0.717) is 11.8 Å². The van der Waals surface area contributed by atoms with E-state index in [-0.39, 0.29) is 10.6 Å². The van der Waals surface area contributed by atoms with Gasteiger partial charge in [0.25, 0.3) is 11.2 Å². The third-order valence-electron chi connectivity index (χ3n) is 3.85. The van der Waals surface area contributed by atoms with Crippen LogP contribution in [0.5, 0.6) is 0 Å². The maximum absolute atomic E-state index is 13.4. The number of aryl methyl sites for hydroxylation is 1. The van der Waals surface area contributed by atoms with E-state index in [1.807, 2.05) is 0 Å². The first-order valence-electron chi connectivity index (χ1n) is 7.25. The summed E-state index contributed by atoms with van der Waals surface area (Å²) in [7, 11) is -2.88. The zero-order chi connectivity index (χ0) is 20.8. The maximum atomic E-state index is 13.4. The molecule has 1 unspecified atom stereocenters. The number of sulfone groups is 1. The zero-order valence-electron chi connectivity index (χ0n) is 14.3. The number of aromatic amines is 1. The molecule has 0 amide bonds. The fourth-order valence-electron chi connectivity index (χ4n) is 2.50. The molecule has 0 fully saturated rings. The topological polar surface area (TPSA) is 118 Å². The lowest BCUT2D eigenvalue weighted by Crippen LogP contribution is -2.52. The van der Waals surface area contributed by atoms with Gasteiger partial charge >= 0.3 is 12.1 Å². The van der Waals surface area contributed by atoms with Crippen LogP contribution in [0.4, 0.5) is 13.2 Å². The summed E-state index contributed by atoms with van der Waals surface area (Å²) >= 11 is 0. The molecule has 1 heterocycles. The summed E-state index contributed by atoms with van der Waals surface area (Å²) in [6.45, 7) is 1.07. The van der Waals surface area contributed by atoms with Crippen molar-refractivity contribution in [1.82, 2.24) is 9.78 Å². The minimum absolute atomic E-state index is 0.00357. The minimum Gasteiger partial charge on any atom is -0.466 e. The van der Waals surface area contributed by atoms with Gasteiger partial charge in [0.2, 0.25) is 0 Å². The van der Waals surface area contributed by atoms with Gasteiger partial charge in [-0.3, -0.25) is 9.89 Å². The van der Waals surface area contributed by atoms with Crippen LogP contribution < -0.4 is 5.56 Å². The molecule has 1 atom stereocenters. The molecule has 0 aliphatic rings. The van der Waals surface area contributed by atoms with Gasteiger partial charge in [0.1, 0.15) is 0 Å². The Hall–Kier alpha value is -2.60. The molecule has 12 heteroatoms. The molecule has 0 aliphatic carbocycles. The van der Waals surface area contributed by atoms with Gasteiger partial charge in [-0.2, -0.15) is 13.2 Å². The summed E-state index contributed by atoms with van der Waals surface area (Å²) in [5.74, 6) is -2.06. The van der Waals surface area contributed by atoms with E-state index in [2.05, 4.69) is 9.84 Å². The Balaban J connectivity index is 2.70. The highest BCUT2D eigenvalue weighted by Gasteiger charge is 2.64. The van der Waals surface area contributed by atoms with E-state index in [1.54, 1.807) is 0 Å². The molecule has 0 saturated carbocycles. The van der Waals surface area contributed by atoms with Gasteiger partial charge in [0.15, 0.2) is 9.84 Å². The number of benzene rings is 1. The second kappa shape index (κ2) is 6.53. The smallest absolute Gasteiger partial charge is 0.432 e. The highest BCUT2D eigenvalue weighted by Crippen LogP contribution is 2.39. The van der Waals surface area contributed by atoms with Crippen molar-refractivity contribution >= 4 is 15.8 Å². The van der Waals surface area contributed by atoms with Crippen molar-refractivity contribution in [3.8, 4) is 5.69 Å². The predicted octanol–water partition coefficient (Wildman–Crippen LogP) is 0.800. The number of H-pyrrole nitrogens is 1. The van der Waals surface area contributed by atoms with Crippen LogP contribution >= 0.6 is 0 Å². The maximum Gasteiger partial charge on any atom is 0.432 e. The first-order chi connectivity index (χ1) is 12.2. The van der Waals surface area contributed by atoms with Gasteiger partial charge in [-0.25, -0.2) is 17.9 Å². The highest BCUT2D eigenvalue weighted by atomic mass is 32.2. The van der Waals surface area contributed by atoms with Crippen molar-refractivity contribution < 1.29 is 36.2 Å². The molecule has 8 nitrogen and oxygen atoms in total. The van der Waals surface area contributed by atoms with E-state index in [1.165, 1.54) is 12.1 Å². The van der Waals surface area contributed by atoms with E-state index in [9.17, 15) is 36.3 Å². The van der Waals surface area contributed by atoms with Gasteiger partial charge in [-0.1, -0.05) is 0 Å². The number of aromatic nitrogens is 2. The fraction of sp³-hybridized carbons (Fsp3) is 0.333. The second-order valence-corrected chi connectivity index (χ2v) is 7.73. The Morgan fingerprint density at radius 2 is 1.74 bits per heavy atom. The molecule has 148 valence electrons. The van der Waals surface area contributed by atoms with Crippen LogP contribution in [-0.2, 0) is 25.0 Å². The monoisotopic (exact) mass is 408 g/mol. The van der Waals surface area contributed by atoms with Crippen LogP contribution in [0.3, 0.4) is 0 Å². The molecule has 0 bridgehead atoms. The molecule has 0 saturated heterocycles. The van der Waals surface area contributed by atoms with E-state index >= 15 is 0 Å². The Kier molecular flexibility index (Phi) is 5.01. The lowest BCUT2D eigenvalue weighted by molar-refractivity contribution is -0.267. The Morgan fingerprint density at radius 3 is 2.15 bits per heavy atom. The number of carbonyl (C=O) groups excluding carboxylic acids is 1. The van der Waals surface area contributed by atoms with Crippen LogP contribution in [0.1, 0.15) is 11.3 Å². The van der Waals surface area contributed by atoms with Gasteiger partial charge in [-0.05, 0) is 31.2 Å². The number of alkyl halides is 3. The summed E-state index contributed by atoms with van der Waals surface area (Å²) in [5, 5.41) is 12.4. The molecule has 0 spiro atoms. The average molecular weight is 408 g/mol. The van der Waals surface area contributed by atoms with Crippen LogP contribution in [0, 0.1) is 6.92 Å². The van der Waals surface area contributed by atoms with Crippen molar-refractivity contribution in [2.45, 2.75) is 23.6 Å². The summed E-state index contributed by atoms with van der Waals surface area (Å²) in [6, 6.07) is 4.68. The molecular formula is C15H15F3N2O6S. The van der Waals surface area contributed by atoms with Crippen LogP contribution in [0.25, 0.3) is 5.69 Å². The number of aliphatic hydroxyl groups is 1. The third kappa shape index (κ3) is 3.37. The third-order valence-corrected chi connectivity index (χ3v) is 4.98. The number of esters is 1. The van der Waals surface area contributed by atoms with Gasteiger partial charge in [0, 0.05) is 11.9 Å². The number of rotatable bonds is 4. The largest absolute Gasteiger partial charge is 0.466 e. The van der Waals surface area contributed by atoms with Crippen molar-refractivity contribution in [2.75, 3.05) is 13.4 Å². The molecule has 2 N–H and O–H groups in total. The van der Waals surface area contributed by atoms with Crippen molar-refractivity contribution in [2.24, 2.45) is 0 Å². The van der Waals surface area contributed by atoms with Crippen LogP contribution in [-0.4, -0.2) is 48.8 Å². The molecule has 1 aromatic heterocycles. The molecule has 1 aromatic carbocycles. The van der Waals surface area contributed by atoms with Crippen LogP contribution in [0.15, 0.2) is 34.0 Å². The number of halogens is 3.